The predicted octanol–water partition coefficient (Wildman–Crippen LogP) is 2.63. The summed E-state index contributed by atoms with van der Waals surface area (Å²) in [5.74, 6) is -2.06. The van der Waals surface area contributed by atoms with Gasteiger partial charge in [-0.3, -0.25) is 9.59 Å². The first kappa shape index (κ1) is 18.4. The van der Waals surface area contributed by atoms with Crippen molar-refractivity contribution >= 4 is 52.7 Å². The van der Waals surface area contributed by atoms with Gasteiger partial charge in [-0.25, -0.2) is 4.79 Å². The SMILES string of the molecule is CC1(C)S[C@H]2N(C(=O)C2(C)NC(=O)c2c(Cl)cccc2Cl)[C@H]1C(=O)O. The minimum absolute atomic E-state index is 0.0929. The maximum atomic E-state index is 12.7. The van der Waals surface area contributed by atoms with Crippen LogP contribution in [0.3, 0.4) is 0 Å². The normalized spacial score (nSPS) is 29.8. The van der Waals surface area contributed by atoms with E-state index in [-0.39, 0.29) is 15.6 Å². The number of hydrogen-bond acceptors (Lipinski definition) is 4. The Morgan fingerprint density at radius 2 is 1.80 bits per heavy atom. The highest BCUT2D eigenvalue weighted by atomic mass is 35.5. The molecule has 134 valence electrons. The van der Waals surface area contributed by atoms with Gasteiger partial charge in [0.25, 0.3) is 11.8 Å². The molecule has 25 heavy (non-hydrogen) atoms. The summed E-state index contributed by atoms with van der Waals surface area (Å²) in [7, 11) is 0. The molecule has 1 aromatic carbocycles. The lowest BCUT2D eigenvalue weighted by Crippen LogP contribution is -2.78. The van der Waals surface area contributed by atoms with E-state index in [0.29, 0.717) is 0 Å². The zero-order valence-corrected chi connectivity index (χ0v) is 16.0. The summed E-state index contributed by atoms with van der Waals surface area (Å²) in [4.78, 5) is 38.2. The number of carbonyl (C=O) groups is 3. The molecule has 2 N–H and O–H groups in total. The maximum absolute atomic E-state index is 12.7. The summed E-state index contributed by atoms with van der Waals surface area (Å²) in [5.41, 5.74) is -1.12. The third-order valence-corrected chi connectivity index (χ3v) is 6.96. The molecule has 0 spiro atoms. The Morgan fingerprint density at radius 3 is 2.32 bits per heavy atom. The van der Waals surface area contributed by atoms with Gasteiger partial charge in [0.2, 0.25) is 0 Å². The van der Waals surface area contributed by atoms with E-state index in [1.807, 2.05) is 0 Å². The molecule has 2 amide bonds. The summed E-state index contributed by atoms with van der Waals surface area (Å²) >= 11 is 13.5. The van der Waals surface area contributed by atoms with Crippen LogP contribution in [0.1, 0.15) is 31.1 Å². The molecule has 0 bridgehead atoms. The molecule has 2 saturated heterocycles. The van der Waals surface area contributed by atoms with Crippen LogP contribution < -0.4 is 5.32 Å². The van der Waals surface area contributed by atoms with Crippen LogP contribution in [-0.4, -0.2) is 49.5 Å². The molecule has 0 saturated carbocycles. The first-order valence-electron chi connectivity index (χ1n) is 7.50. The number of hydrogen-bond donors (Lipinski definition) is 2. The fourth-order valence-electron chi connectivity index (χ4n) is 3.35. The number of nitrogens with one attached hydrogen (secondary N) is 1. The fraction of sp³-hybridized carbons (Fsp3) is 0.438. The van der Waals surface area contributed by atoms with Crippen LogP contribution >= 0.6 is 35.0 Å². The molecule has 2 fully saturated rings. The van der Waals surface area contributed by atoms with Gasteiger partial charge in [-0.2, -0.15) is 0 Å². The highest BCUT2D eigenvalue weighted by molar-refractivity contribution is 8.01. The number of nitrogens with zero attached hydrogens (tertiary/aromatic N) is 1. The summed E-state index contributed by atoms with van der Waals surface area (Å²) in [5, 5.41) is 12.0. The average molecular weight is 403 g/mol. The second-order valence-electron chi connectivity index (χ2n) is 6.78. The van der Waals surface area contributed by atoms with Crippen molar-refractivity contribution in [1.82, 2.24) is 10.2 Å². The van der Waals surface area contributed by atoms with Crippen molar-refractivity contribution in [2.24, 2.45) is 0 Å². The van der Waals surface area contributed by atoms with Crippen molar-refractivity contribution in [2.75, 3.05) is 0 Å². The Labute approximate surface area is 158 Å². The van der Waals surface area contributed by atoms with E-state index < -0.39 is 39.5 Å². The number of carbonyl (C=O) groups excluding carboxylic acids is 2. The summed E-state index contributed by atoms with van der Waals surface area (Å²) in [6.07, 6.45) is 0. The summed E-state index contributed by atoms with van der Waals surface area (Å²) < 4.78 is -0.670. The molecule has 3 rings (SSSR count). The Kier molecular flexibility index (Phi) is 4.25. The van der Waals surface area contributed by atoms with Gasteiger partial charge in [-0.05, 0) is 32.9 Å². The summed E-state index contributed by atoms with van der Waals surface area (Å²) in [6.45, 7) is 5.14. The monoisotopic (exact) mass is 402 g/mol. The lowest BCUT2D eigenvalue weighted by atomic mass is 9.86. The molecule has 2 heterocycles. The van der Waals surface area contributed by atoms with Gasteiger partial charge in [0.1, 0.15) is 17.0 Å². The lowest BCUT2D eigenvalue weighted by Gasteiger charge is -2.51. The van der Waals surface area contributed by atoms with Crippen molar-refractivity contribution in [2.45, 2.75) is 42.5 Å². The largest absolute Gasteiger partial charge is 0.480 e. The first-order valence-corrected chi connectivity index (χ1v) is 9.14. The van der Waals surface area contributed by atoms with Crippen LogP contribution in [0.15, 0.2) is 18.2 Å². The molecule has 0 radical (unpaired) electrons. The average Bonchev–Trinajstić information content (AvgIpc) is 2.76. The van der Waals surface area contributed by atoms with Crippen molar-refractivity contribution < 1.29 is 19.5 Å². The number of aliphatic carboxylic acids is 1. The lowest BCUT2D eigenvalue weighted by molar-refractivity contribution is -0.165. The van der Waals surface area contributed by atoms with Crippen LogP contribution in [0.2, 0.25) is 10.0 Å². The zero-order chi connectivity index (χ0) is 18.7. The smallest absolute Gasteiger partial charge is 0.327 e. The van der Waals surface area contributed by atoms with Crippen LogP contribution in [0.5, 0.6) is 0 Å². The number of amides is 2. The number of β-lactam (4-membered cyclic amide) rings is 1. The highest BCUT2D eigenvalue weighted by Gasteiger charge is 2.70. The first-order chi connectivity index (χ1) is 11.5. The van der Waals surface area contributed by atoms with E-state index in [9.17, 15) is 19.5 Å². The molecule has 1 unspecified atom stereocenters. The minimum Gasteiger partial charge on any atom is -0.480 e. The van der Waals surface area contributed by atoms with Crippen molar-refractivity contribution in [3.63, 3.8) is 0 Å². The Balaban J connectivity index is 1.89. The number of rotatable bonds is 3. The molecule has 2 aliphatic rings. The third-order valence-electron chi connectivity index (χ3n) is 4.57. The minimum atomic E-state index is -1.22. The topological polar surface area (TPSA) is 86.7 Å². The Hall–Kier alpha value is -1.44. The van der Waals surface area contributed by atoms with Crippen LogP contribution in [-0.2, 0) is 9.59 Å². The molecule has 0 aliphatic carbocycles. The molecule has 3 atom stereocenters. The van der Waals surface area contributed by atoms with E-state index in [1.54, 1.807) is 26.8 Å². The Morgan fingerprint density at radius 1 is 1.24 bits per heavy atom. The van der Waals surface area contributed by atoms with E-state index >= 15 is 0 Å². The van der Waals surface area contributed by atoms with Gasteiger partial charge in [0.05, 0.1) is 15.6 Å². The van der Waals surface area contributed by atoms with E-state index in [0.717, 1.165) is 0 Å². The van der Waals surface area contributed by atoms with Gasteiger partial charge in [0, 0.05) is 4.75 Å². The highest BCUT2D eigenvalue weighted by Crippen LogP contribution is 2.54. The van der Waals surface area contributed by atoms with Crippen LogP contribution in [0.4, 0.5) is 0 Å². The number of thioether (sulfide) groups is 1. The maximum Gasteiger partial charge on any atom is 0.327 e. The molecular weight excluding hydrogens is 387 g/mol. The Bertz CT molecular complexity index is 780. The number of benzene rings is 1. The number of carboxylic acid groups (broad SMARTS) is 1. The second-order valence-corrected chi connectivity index (χ2v) is 9.33. The van der Waals surface area contributed by atoms with Gasteiger partial charge in [0.15, 0.2) is 0 Å². The molecule has 1 aromatic rings. The van der Waals surface area contributed by atoms with Gasteiger partial charge < -0.3 is 15.3 Å². The second kappa shape index (κ2) is 5.79. The van der Waals surface area contributed by atoms with E-state index in [1.165, 1.54) is 28.8 Å². The molecular formula is C16H16Cl2N2O4S. The van der Waals surface area contributed by atoms with E-state index in [2.05, 4.69) is 5.32 Å². The van der Waals surface area contributed by atoms with E-state index in [4.69, 9.17) is 23.2 Å². The quantitative estimate of drug-likeness (QED) is 0.758. The van der Waals surface area contributed by atoms with Crippen LogP contribution in [0, 0.1) is 0 Å². The van der Waals surface area contributed by atoms with Gasteiger partial charge in [-0.1, -0.05) is 29.3 Å². The standard InChI is InChI=1S/C16H16Cl2N2O4S/c1-15(2)10(12(22)23)20-13(24)16(3,14(20)25-15)19-11(21)9-7(17)5-4-6-8(9)18/h4-6,10,14H,1-3H3,(H,19,21)(H,22,23)/t10-,14+,16?/m0/s1. The van der Waals surface area contributed by atoms with Crippen molar-refractivity contribution in [3.8, 4) is 0 Å². The number of fused-ring (bicyclic) bond motifs is 1. The predicted molar refractivity (Wildman–Crippen MR) is 96.1 cm³/mol. The van der Waals surface area contributed by atoms with Crippen molar-refractivity contribution in [1.29, 1.82) is 0 Å². The molecule has 0 aromatic heterocycles. The van der Waals surface area contributed by atoms with Crippen LogP contribution in [0.25, 0.3) is 0 Å². The fourth-order valence-corrected chi connectivity index (χ4v) is 5.57. The zero-order valence-electron chi connectivity index (χ0n) is 13.7. The van der Waals surface area contributed by atoms with Crippen molar-refractivity contribution in [3.05, 3.63) is 33.8 Å². The van der Waals surface area contributed by atoms with Gasteiger partial charge in [-0.15, -0.1) is 11.8 Å². The molecule has 6 nitrogen and oxygen atoms in total. The summed E-state index contributed by atoms with van der Waals surface area (Å²) in [6, 6.07) is 3.75. The molecule has 2 aliphatic heterocycles. The third kappa shape index (κ3) is 2.60. The van der Waals surface area contributed by atoms with Gasteiger partial charge >= 0.3 is 5.97 Å². The number of carboxylic acids is 1. The number of halogens is 2. The molecule has 9 heteroatoms.